The molecule has 3 fully saturated rings. The van der Waals surface area contributed by atoms with Gasteiger partial charge in [-0.25, -0.2) is 23.7 Å². The lowest BCUT2D eigenvalue weighted by Crippen LogP contribution is -2.44. The van der Waals surface area contributed by atoms with Gasteiger partial charge in [0.2, 0.25) is 11.8 Å². The van der Waals surface area contributed by atoms with Crippen molar-refractivity contribution in [3.63, 3.8) is 0 Å². The van der Waals surface area contributed by atoms with Crippen molar-refractivity contribution in [2.24, 2.45) is 13.0 Å². The highest BCUT2D eigenvalue weighted by molar-refractivity contribution is 6.00. The SMILES string of the molecule is CNc1cc(Nc2cccn(-c3ccc(C(=O)N(C)CC4CCN(c5ccc6c(c5)n(C)c(=O)n6C5CCC(=O)NC5=O)CC4)cn3)c2=O)nn2c(C(=O)N[C@@H]3C[C@@H]3F)cnc12. The third kappa shape index (κ3) is 7.40. The molecule has 7 heterocycles. The van der Waals surface area contributed by atoms with E-state index >= 15 is 0 Å². The quantitative estimate of drug-likeness (QED) is 0.139. The Kier molecular flexibility index (Phi) is 10.3. The normalized spacial score (nSPS) is 19.1. The highest BCUT2D eigenvalue weighted by atomic mass is 19.1. The number of alkyl halides is 1. The minimum absolute atomic E-state index is 0.114. The summed E-state index contributed by atoms with van der Waals surface area (Å²) >= 11 is 0. The molecule has 4 N–H and O–H groups in total. The highest BCUT2D eigenvalue weighted by Crippen LogP contribution is 2.30. The van der Waals surface area contributed by atoms with Gasteiger partial charge in [-0.05, 0) is 67.6 Å². The number of pyridine rings is 2. The first-order valence-electron chi connectivity index (χ1n) is 20.4. The first kappa shape index (κ1) is 40.0. The molecule has 1 unspecified atom stereocenters. The van der Waals surface area contributed by atoms with Gasteiger partial charge in [0.15, 0.2) is 17.2 Å². The van der Waals surface area contributed by atoms with Crippen LogP contribution in [0, 0.1) is 5.92 Å². The topological polar surface area (TPSA) is 215 Å². The fraction of sp³-hybridized carbons (Fsp3) is 0.357. The average Bonchev–Trinajstić information content (AvgIpc) is 3.68. The molecule has 9 rings (SSSR count). The molecule has 0 radical (unpaired) electrons. The van der Waals surface area contributed by atoms with Crippen LogP contribution < -0.4 is 37.4 Å². The third-order valence-electron chi connectivity index (χ3n) is 11.9. The van der Waals surface area contributed by atoms with Gasteiger partial charge < -0.3 is 25.8 Å². The average molecular weight is 846 g/mol. The lowest BCUT2D eigenvalue weighted by Gasteiger charge is -2.35. The van der Waals surface area contributed by atoms with Gasteiger partial charge in [0.05, 0.1) is 34.5 Å². The van der Waals surface area contributed by atoms with Crippen LogP contribution in [0.3, 0.4) is 0 Å². The van der Waals surface area contributed by atoms with Crippen molar-refractivity contribution < 1.29 is 23.6 Å². The molecule has 6 aromatic rings. The number of amides is 4. The zero-order chi connectivity index (χ0) is 43.4. The van der Waals surface area contributed by atoms with Crippen LogP contribution in [0.2, 0.25) is 0 Å². The molecule has 0 bridgehead atoms. The van der Waals surface area contributed by atoms with Crippen molar-refractivity contribution in [1.29, 1.82) is 0 Å². The second-order valence-electron chi connectivity index (χ2n) is 16.0. The number of piperidine rings is 2. The highest BCUT2D eigenvalue weighted by Gasteiger charge is 2.39. The van der Waals surface area contributed by atoms with E-state index in [0.717, 1.165) is 31.6 Å². The molecule has 19 nitrogen and oxygen atoms in total. The number of aromatic nitrogens is 7. The van der Waals surface area contributed by atoms with Crippen LogP contribution >= 0.6 is 0 Å². The Hall–Kier alpha value is -7.38. The molecule has 4 amide bonds. The zero-order valence-corrected chi connectivity index (χ0v) is 34.2. The Morgan fingerprint density at radius 1 is 0.968 bits per heavy atom. The summed E-state index contributed by atoms with van der Waals surface area (Å²) in [5, 5.41) is 15.5. The maximum absolute atomic E-state index is 13.7. The van der Waals surface area contributed by atoms with Gasteiger partial charge in [-0.1, -0.05) is 0 Å². The maximum atomic E-state index is 13.7. The van der Waals surface area contributed by atoms with Crippen LogP contribution in [0.25, 0.3) is 22.5 Å². The Bertz CT molecular complexity index is 2890. The Balaban J connectivity index is 0.829. The van der Waals surface area contributed by atoms with Crippen molar-refractivity contribution in [3.8, 4) is 5.82 Å². The predicted octanol–water partition coefficient (Wildman–Crippen LogP) is 2.52. The van der Waals surface area contributed by atoms with E-state index in [1.165, 1.54) is 30.6 Å². The van der Waals surface area contributed by atoms with Crippen LogP contribution in [0.5, 0.6) is 0 Å². The number of carbonyl (C=O) groups excluding carboxylic acids is 4. The summed E-state index contributed by atoms with van der Waals surface area (Å²) in [6, 6.07) is 12.6. The first-order valence-corrected chi connectivity index (χ1v) is 20.4. The minimum atomic E-state index is -1.07. The van der Waals surface area contributed by atoms with Crippen molar-refractivity contribution in [1.82, 2.24) is 48.8 Å². The van der Waals surface area contributed by atoms with E-state index in [1.54, 1.807) is 62.6 Å². The summed E-state index contributed by atoms with van der Waals surface area (Å²) < 4.78 is 19.2. The Labute approximate surface area is 352 Å². The number of imidazole rings is 2. The molecule has 1 aromatic carbocycles. The second-order valence-corrected chi connectivity index (χ2v) is 16.0. The van der Waals surface area contributed by atoms with Gasteiger partial charge in [-0.15, -0.1) is 5.10 Å². The van der Waals surface area contributed by atoms with Crippen LogP contribution in [-0.4, -0.2) is 108 Å². The molecule has 5 aromatic heterocycles. The molecule has 2 saturated heterocycles. The fourth-order valence-corrected chi connectivity index (χ4v) is 8.33. The number of hydrogen-bond donors (Lipinski definition) is 4. The molecule has 1 aliphatic carbocycles. The van der Waals surface area contributed by atoms with Crippen molar-refractivity contribution >= 4 is 63.2 Å². The van der Waals surface area contributed by atoms with E-state index in [-0.39, 0.29) is 59.9 Å². The monoisotopic (exact) mass is 845 g/mol. The second kappa shape index (κ2) is 15.9. The van der Waals surface area contributed by atoms with E-state index in [4.69, 9.17) is 0 Å². The van der Waals surface area contributed by atoms with Gasteiger partial charge in [0.25, 0.3) is 17.4 Å². The number of fused-ring (bicyclic) bond motifs is 2. The molecule has 20 heteroatoms. The number of benzene rings is 1. The van der Waals surface area contributed by atoms with Gasteiger partial charge in [-0.3, -0.25) is 43.0 Å². The molecular formula is C42H44FN13O6. The summed E-state index contributed by atoms with van der Waals surface area (Å²) in [7, 11) is 5.13. The van der Waals surface area contributed by atoms with E-state index in [1.807, 2.05) is 18.2 Å². The van der Waals surface area contributed by atoms with E-state index in [2.05, 4.69) is 41.2 Å². The third-order valence-corrected chi connectivity index (χ3v) is 11.9. The van der Waals surface area contributed by atoms with Crippen LogP contribution in [0.15, 0.2) is 76.7 Å². The van der Waals surface area contributed by atoms with Crippen LogP contribution in [0.4, 0.5) is 27.3 Å². The van der Waals surface area contributed by atoms with Crippen LogP contribution in [-0.2, 0) is 16.6 Å². The summed E-state index contributed by atoms with van der Waals surface area (Å²) in [5.41, 5.74) is 3.13. The number of nitrogens with one attached hydrogen (secondary N) is 4. The van der Waals surface area contributed by atoms with Gasteiger partial charge >= 0.3 is 5.69 Å². The zero-order valence-electron chi connectivity index (χ0n) is 34.2. The predicted molar refractivity (Wildman–Crippen MR) is 227 cm³/mol. The number of hydrogen-bond acceptors (Lipinski definition) is 12. The van der Waals surface area contributed by atoms with Crippen molar-refractivity contribution in [2.75, 3.05) is 49.3 Å². The fourth-order valence-electron chi connectivity index (χ4n) is 8.33. The molecule has 2 aliphatic heterocycles. The summed E-state index contributed by atoms with van der Waals surface area (Å²) in [5.74, 6) is -0.709. The first-order chi connectivity index (χ1) is 29.9. The van der Waals surface area contributed by atoms with E-state index < -0.39 is 35.6 Å². The summed E-state index contributed by atoms with van der Waals surface area (Å²) in [6.45, 7) is 2.05. The number of anilines is 4. The number of halogens is 1. The van der Waals surface area contributed by atoms with Crippen LogP contribution in [0.1, 0.15) is 59.0 Å². The van der Waals surface area contributed by atoms with Crippen molar-refractivity contribution in [2.45, 2.75) is 50.4 Å². The smallest absolute Gasteiger partial charge is 0.329 e. The van der Waals surface area contributed by atoms with Gasteiger partial charge in [0.1, 0.15) is 23.7 Å². The summed E-state index contributed by atoms with van der Waals surface area (Å²) in [4.78, 5) is 90.3. The van der Waals surface area contributed by atoms with Gasteiger partial charge in [0, 0.05) is 77.8 Å². The maximum Gasteiger partial charge on any atom is 0.329 e. The molecule has 3 atom stereocenters. The minimum Gasteiger partial charge on any atom is -0.385 e. The molecule has 0 spiro atoms. The molecule has 62 heavy (non-hydrogen) atoms. The number of imide groups is 1. The largest absolute Gasteiger partial charge is 0.385 e. The Morgan fingerprint density at radius 3 is 2.47 bits per heavy atom. The Morgan fingerprint density at radius 2 is 1.76 bits per heavy atom. The number of carbonyl (C=O) groups is 4. The number of aryl methyl sites for hydroxylation is 1. The van der Waals surface area contributed by atoms with E-state index in [9.17, 15) is 33.2 Å². The summed E-state index contributed by atoms with van der Waals surface area (Å²) in [6.07, 6.45) is 5.71. The molecular weight excluding hydrogens is 802 g/mol. The molecule has 3 aliphatic rings. The van der Waals surface area contributed by atoms with Gasteiger partial charge in [-0.2, -0.15) is 0 Å². The molecule has 1 saturated carbocycles. The number of nitrogens with zero attached hydrogens (tertiary/aromatic N) is 9. The molecule has 320 valence electrons. The number of rotatable bonds is 11. The lowest BCUT2D eigenvalue weighted by atomic mass is 9.95. The van der Waals surface area contributed by atoms with E-state index in [0.29, 0.717) is 40.3 Å². The standard InChI is InChI=1S/C42H44FN13O6/c1-44-29-19-34(50-56-33(21-46-37(29)56)39(59)48-28-18-26(28)43)47-27-5-4-14-54(41(27)61)35-10-6-24(20-45-35)40(60)51(2)22-23-12-15-53(16-13-23)25-7-8-30-32(17-25)52(3)42(62)55(30)31-9-11-36(57)49-38(31)58/h4-8,10,14,17,19-21,23,26,28,31,44H,9,11-13,15-16,18,22H2,1-3H3,(H,47,50)(H,48,59)(H,49,57,58)/t26-,28+,31?/m0/s1. The lowest BCUT2D eigenvalue weighted by molar-refractivity contribution is -0.135. The van der Waals surface area contributed by atoms with Crippen molar-refractivity contribution in [3.05, 3.63) is 99.2 Å².